The van der Waals surface area contributed by atoms with Gasteiger partial charge in [-0.25, -0.2) is 4.68 Å². The molecule has 26 heavy (non-hydrogen) atoms. The minimum absolute atomic E-state index is 0.0181. The summed E-state index contributed by atoms with van der Waals surface area (Å²) in [7, 11) is 0. The Morgan fingerprint density at radius 1 is 1.08 bits per heavy atom. The summed E-state index contributed by atoms with van der Waals surface area (Å²) in [6.45, 7) is 0.506. The van der Waals surface area contributed by atoms with Crippen LogP contribution in [-0.2, 0) is 17.6 Å². The van der Waals surface area contributed by atoms with Gasteiger partial charge in [0.1, 0.15) is 0 Å². The largest absolute Gasteiger partial charge is 0.355 e. The quantitative estimate of drug-likeness (QED) is 0.524. The molecule has 0 saturated heterocycles. The minimum atomic E-state index is -0.459. The van der Waals surface area contributed by atoms with Crippen LogP contribution >= 0.6 is 0 Å². The number of para-hydroxylation sites is 1. The smallest absolute Gasteiger partial charge is 0.269 e. The van der Waals surface area contributed by atoms with Gasteiger partial charge in [-0.2, -0.15) is 5.10 Å². The maximum absolute atomic E-state index is 12.0. The number of amides is 1. The van der Waals surface area contributed by atoms with Crippen molar-refractivity contribution in [2.75, 3.05) is 6.54 Å². The number of carbonyl (C=O) groups is 1. The van der Waals surface area contributed by atoms with E-state index in [4.69, 9.17) is 0 Å². The fourth-order valence-electron chi connectivity index (χ4n) is 2.54. The molecule has 0 bridgehead atoms. The average molecular weight is 350 g/mol. The van der Waals surface area contributed by atoms with Crippen molar-refractivity contribution in [3.63, 3.8) is 0 Å². The number of hydrogen-bond acceptors (Lipinski definition) is 4. The van der Waals surface area contributed by atoms with Gasteiger partial charge in [0.25, 0.3) is 5.69 Å². The van der Waals surface area contributed by atoms with E-state index in [1.165, 1.54) is 12.1 Å². The van der Waals surface area contributed by atoms with Crippen molar-refractivity contribution < 1.29 is 9.72 Å². The lowest BCUT2D eigenvalue weighted by atomic mass is 10.1. The van der Waals surface area contributed by atoms with Crippen molar-refractivity contribution in [2.45, 2.75) is 12.8 Å². The molecule has 0 fully saturated rings. The number of nitrogens with zero attached hydrogens (tertiary/aromatic N) is 3. The molecule has 2 aromatic carbocycles. The Balaban J connectivity index is 1.46. The highest BCUT2D eigenvalue weighted by atomic mass is 16.6. The van der Waals surface area contributed by atoms with Crippen LogP contribution in [0.4, 0.5) is 5.69 Å². The molecule has 0 spiro atoms. The van der Waals surface area contributed by atoms with Gasteiger partial charge in [0, 0.05) is 24.9 Å². The lowest BCUT2D eigenvalue weighted by molar-refractivity contribution is -0.384. The molecule has 1 heterocycles. The standard InChI is InChI=1S/C19H18N4O3/c24-19(12-15-6-8-18(9-7-15)23(25)26)20-11-10-16-13-21-22(14-16)17-4-2-1-3-5-17/h1-9,13-14H,10-12H2,(H,20,24). The molecule has 0 saturated carbocycles. The van der Waals surface area contributed by atoms with Crippen molar-refractivity contribution in [3.05, 3.63) is 88.2 Å². The monoisotopic (exact) mass is 350 g/mol. The number of non-ortho nitro benzene ring substituents is 1. The van der Waals surface area contributed by atoms with E-state index in [0.717, 1.165) is 16.8 Å². The highest BCUT2D eigenvalue weighted by Crippen LogP contribution is 2.12. The van der Waals surface area contributed by atoms with Crippen LogP contribution in [0.15, 0.2) is 67.0 Å². The summed E-state index contributed by atoms with van der Waals surface area (Å²) in [5.74, 6) is -0.116. The normalized spacial score (nSPS) is 10.5. The van der Waals surface area contributed by atoms with Gasteiger partial charge in [0.15, 0.2) is 0 Å². The van der Waals surface area contributed by atoms with Gasteiger partial charge in [-0.05, 0) is 29.7 Å². The van der Waals surface area contributed by atoms with E-state index in [9.17, 15) is 14.9 Å². The molecule has 1 N–H and O–H groups in total. The summed E-state index contributed by atoms with van der Waals surface area (Å²) in [6, 6.07) is 15.8. The Labute approximate surface area is 150 Å². The SMILES string of the molecule is O=C(Cc1ccc([N+](=O)[O-])cc1)NCCc1cnn(-c2ccccc2)c1. The number of rotatable bonds is 7. The van der Waals surface area contributed by atoms with Crippen molar-refractivity contribution in [2.24, 2.45) is 0 Å². The van der Waals surface area contributed by atoms with E-state index in [0.29, 0.717) is 13.0 Å². The summed E-state index contributed by atoms with van der Waals surface area (Å²) in [5, 5.41) is 17.8. The number of nitro benzene ring substituents is 1. The summed E-state index contributed by atoms with van der Waals surface area (Å²) >= 11 is 0. The molecule has 0 aliphatic carbocycles. The summed E-state index contributed by atoms with van der Waals surface area (Å²) < 4.78 is 1.80. The highest BCUT2D eigenvalue weighted by Gasteiger charge is 2.07. The van der Waals surface area contributed by atoms with E-state index in [-0.39, 0.29) is 18.0 Å². The molecule has 0 radical (unpaired) electrons. The fourth-order valence-corrected chi connectivity index (χ4v) is 2.54. The van der Waals surface area contributed by atoms with E-state index >= 15 is 0 Å². The predicted octanol–water partition coefficient (Wildman–Crippen LogP) is 2.68. The fraction of sp³-hybridized carbons (Fsp3) is 0.158. The van der Waals surface area contributed by atoms with Crippen LogP contribution in [-0.4, -0.2) is 27.2 Å². The zero-order valence-corrected chi connectivity index (χ0v) is 14.0. The summed E-state index contributed by atoms with van der Waals surface area (Å²) in [4.78, 5) is 22.1. The summed E-state index contributed by atoms with van der Waals surface area (Å²) in [5.41, 5.74) is 2.78. The molecular formula is C19H18N4O3. The van der Waals surface area contributed by atoms with Crippen LogP contribution in [0.3, 0.4) is 0 Å². The first-order valence-electron chi connectivity index (χ1n) is 8.21. The zero-order valence-electron chi connectivity index (χ0n) is 14.0. The molecule has 1 aromatic heterocycles. The van der Waals surface area contributed by atoms with Gasteiger partial charge in [-0.3, -0.25) is 14.9 Å². The van der Waals surface area contributed by atoms with Crippen LogP contribution in [0, 0.1) is 10.1 Å². The minimum Gasteiger partial charge on any atom is -0.355 e. The second-order valence-electron chi connectivity index (χ2n) is 5.83. The van der Waals surface area contributed by atoms with Gasteiger partial charge >= 0.3 is 0 Å². The first-order valence-corrected chi connectivity index (χ1v) is 8.21. The highest BCUT2D eigenvalue weighted by molar-refractivity contribution is 5.78. The van der Waals surface area contributed by atoms with Crippen LogP contribution < -0.4 is 5.32 Å². The number of aromatic nitrogens is 2. The second kappa shape index (κ2) is 8.06. The Morgan fingerprint density at radius 3 is 2.50 bits per heavy atom. The third-order valence-electron chi connectivity index (χ3n) is 3.90. The average Bonchev–Trinajstić information content (AvgIpc) is 3.12. The van der Waals surface area contributed by atoms with Gasteiger partial charge in [0.2, 0.25) is 5.91 Å². The van der Waals surface area contributed by atoms with E-state index in [2.05, 4.69) is 10.4 Å². The third-order valence-corrected chi connectivity index (χ3v) is 3.90. The lowest BCUT2D eigenvalue weighted by Gasteiger charge is -2.04. The van der Waals surface area contributed by atoms with Crippen LogP contribution in [0.1, 0.15) is 11.1 Å². The zero-order chi connectivity index (χ0) is 18.4. The molecular weight excluding hydrogens is 332 g/mol. The molecule has 0 aliphatic heterocycles. The van der Waals surface area contributed by atoms with Gasteiger partial charge < -0.3 is 5.32 Å². The van der Waals surface area contributed by atoms with Crippen molar-refractivity contribution in [3.8, 4) is 5.69 Å². The number of carbonyl (C=O) groups excluding carboxylic acids is 1. The number of benzene rings is 2. The van der Waals surface area contributed by atoms with E-state index in [1.807, 2.05) is 36.5 Å². The second-order valence-corrected chi connectivity index (χ2v) is 5.83. The van der Waals surface area contributed by atoms with Crippen molar-refractivity contribution in [1.29, 1.82) is 0 Å². The number of nitro groups is 1. The van der Waals surface area contributed by atoms with Crippen LogP contribution in [0.2, 0.25) is 0 Å². The first-order chi connectivity index (χ1) is 12.6. The molecule has 132 valence electrons. The first kappa shape index (κ1) is 17.3. The topological polar surface area (TPSA) is 90.1 Å². The van der Waals surface area contributed by atoms with E-state index in [1.54, 1.807) is 23.0 Å². The lowest BCUT2D eigenvalue weighted by Crippen LogP contribution is -2.27. The molecule has 3 rings (SSSR count). The molecule has 0 unspecified atom stereocenters. The maximum atomic E-state index is 12.0. The van der Waals surface area contributed by atoms with Crippen molar-refractivity contribution >= 4 is 11.6 Å². The molecule has 7 heteroatoms. The Morgan fingerprint density at radius 2 is 1.81 bits per heavy atom. The van der Waals surface area contributed by atoms with Crippen LogP contribution in [0.25, 0.3) is 5.69 Å². The Hall–Kier alpha value is -3.48. The predicted molar refractivity (Wildman–Crippen MR) is 97.1 cm³/mol. The van der Waals surface area contributed by atoms with Gasteiger partial charge in [0.05, 0.1) is 23.2 Å². The number of nitrogens with one attached hydrogen (secondary N) is 1. The molecule has 3 aromatic rings. The Kier molecular flexibility index (Phi) is 5.38. The van der Waals surface area contributed by atoms with Crippen LogP contribution in [0.5, 0.6) is 0 Å². The van der Waals surface area contributed by atoms with Crippen molar-refractivity contribution in [1.82, 2.24) is 15.1 Å². The number of hydrogen-bond donors (Lipinski definition) is 1. The molecule has 0 atom stereocenters. The summed E-state index contributed by atoms with van der Waals surface area (Å²) in [6.07, 6.45) is 4.60. The third kappa shape index (κ3) is 4.54. The van der Waals surface area contributed by atoms with Gasteiger partial charge in [-0.15, -0.1) is 0 Å². The molecule has 0 aliphatic rings. The maximum Gasteiger partial charge on any atom is 0.269 e. The molecule has 7 nitrogen and oxygen atoms in total. The van der Waals surface area contributed by atoms with Gasteiger partial charge in [-0.1, -0.05) is 30.3 Å². The van der Waals surface area contributed by atoms with E-state index < -0.39 is 4.92 Å². The molecule has 1 amide bonds. The Bertz CT molecular complexity index is 889.